The van der Waals surface area contributed by atoms with E-state index in [1.54, 1.807) is 6.07 Å². The maximum atomic E-state index is 12.3. The maximum absolute atomic E-state index is 12.3. The Kier molecular flexibility index (Phi) is 7.13. The van der Waals surface area contributed by atoms with Crippen molar-refractivity contribution in [3.05, 3.63) is 29.8 Å². The predicted molar refractivity (Wildman–Crippen MR) is 83.2 cm³/mol. The summed E-state index contributed by atoms with van der Waals surface area (Å²) in [7, 11) is 0. The summed E-state index contributed by atoms with van der Waals surface area (Å²) in [5.41, 5.74) is 0.616. The Balaban J connectivity index is 2.53. The second-order valence-corrected chi connectivity index (χ2v) is 5.63. The van der Waals surface area contributed by atoms with Gasteiger partial charge >= 0.3 is 0 Å². The molecule has 0 aliphatic carbocycles. The summed E-state index contributed by atoms with van der Waals surface area (Å²) in [5, 5.41) is 3.05. The first-order valence-electron chi connectivity index (χ1n) is 7.57. The van der Waals surface area contributed by atoms with Crippen LogP contribution in [0.5, 0.6) is 5.75 Å². The van der Waals surface area contributed by atoms with Crippen molar-refractivity contribution < 1.29 is 9.53 Å². The third-order valence-electron chi connectivity index (χ3n) is 3.23. The van der Waals surface area contributed by atoms with Crippen LogP contribution >= 0.6 is 0 Å². The molecular formula is C17H27NO2. The number of hydrogen-bond acceptors (Lipinski definition) is 2. The summed E-state index contributed by atoms with van der Waals surface area (Å²) in [6.07, 6.45) is 3.36. The summed E-state index contributed by atoms with van der Waals surface area (Å²) >= 11 is 0. The number of carbonyl (C=O) groups excluding carboxylic acids is 1. The van der Waals surface area contributed by atoms with Crippen molar-refractivity contribution in [2.45, 2.75) is 53.0 Å². The van der Waals surface area contributed by atoms with E-state index in [-0.39, 0.29) is 11.9 Å². The van der Waals surface area contributed by atoms with Crippen molar-refractivity contribution in [1.29, 1.82) is 0 Å². The van der Waals surface area contributed by atoms with Gasteiger partial charge in [0.05, 0.1) is 12.2 Å². The summed E-state index contributed by atoms with van der Waals surface area (Å²) in [5.74, 6) is 1.32. The second-order valence-electron chi connectivity index (χ2n) is 5.63. The summed E-state index contributed by atoms with van der Waals surface area (Å²) in [6, 6.07) is 7.58. The molecule has 20 heavy (non-hydrogen) atoms. The minimum Gasteiger partial charge on any atom is -0.493 e. The molecule has 0 aliphatic rings. The average molecular weight is 277 g/mol. The molecule has 3 nitrogen and oxygen atoms in total. The van der Waals surface area contributed by atoms with Gasteiger partial charge in [-0.15, -0.1) is 0 Å². The Hall–Kier alpha value is -1.51. The normalized spacial score (nSPS) is 12.2. The van der Waals surface area contributed by atoms with Crippen LogP contribution in [-0.2, 0) is 0 Å². The van der Waals surface area contributed by atoms with Crippen molar-refractivity contribution in [3.63, 3.8) is 0 Å². The SMILES string of the molecule is CCOc1ccccc1C(=O)NC(C)CCCC(C)C. The van der Waals surface area contributed by atoms with E-state index in [9.17, 15) is 4.79 Å². The van der Waals surface area contributed by atoms with Crippen molar-refractivity contribution in [2.75, 3.05) is 6.61 Å². The van der Waals surface area contributed by atoms with E-state index < -0.39 is 0 Å². The average Bonchev–Trinajstić information content (AvgIpc) is 2.39. The topological polar surface area (TPSA) is 38.3 Å². The standard InChI is InChI=1S/C17H27NO2/c1-5-20-16-12-7-6-11-15(16)17(19)18-14(4)10-8-9-13(2)3/h6-7,11-14H,5,8-10H2,1-4H3,(H,18,19). The van der Waals surface area contributed by atoms with Gasteiger partial charge in [0.15, 0.2) is 0 Å². The molecule has 0 bridgehead atoms. The van der Waals surface area contributed by atoms with Crippen molar-refractivity contribution in [2.24, 2.45) is 5.92 Å². The minimum atomic E-state index is -0.0499. The molecule has 1 rings (SSSR count). The summed E-state index contributed by atoms with van der Waals surface area (Å²) < 4.78 is 5.49. The van der Waals surface area contributed by atoms with Crippen LogP contribution in [0.1, 0.15) is 57.3 Å². The molecule has 0 radical (unpaired) electrons. The lowest BCUT2D eigenvalue weighted by molar-refractivity contribution is 0.0934. The zero-order valence-electron chi connectivity index (χ0n) is 13.1. The van der Waals surface area contributed by atoms with Gasteiger partial charge in [0, 0.05) is 6.04 Å². The first-order valence-corrected chi connectivity index (χ1v) is 7.57. The number of nitrogens with one attached hydrogen (secondary N) is 1. The van der Waals surface area contributed by atoms with Crippen LogP contribution < -0.4 is 10.1 Å². The number of amides is 1. The van der Waals surface area contributed by atoms with Crippen LogP contribution in [-0.4, -0.2) is 18.6 Å². The van der Waals surface area contributed by atoms with E-state index >= 15 is 0 Å². The number of para-hydroxylation sites is 1. The van der Waals surface area contributed by atoms with Gasteiger partial charge in [0.1, 0.15) is 5.75 Å². The van der Waals surface area contributed by atoms with Crippen molar-refractivity contribution in [1.82, 2.24) is 5.32 Å². The molecule has 1 aromatic carbocycles. The van der Waals surface area contributed by atoms with E-state index in [1.807, 2.05) is 25.1 Å². The largest absolute Gasteiger partial charge is 0.493 e. The number of ether oxygens (including phenoxy) is 1. The molecule has 112 valence electrons. The zero-order chi connectivity index (χ0) is 15.0. The Morgan fingerprint density at radius 2 is 1.90 bits per heavy atom. The van der Waals surface area contributed by atoms with Crippen LogP contribution in [0, 0.1) is 5.92 Å². The van der Waals surface area contributed by atoms with E-state index in [0.717, 1.165) is 18.8 Å². The first-order chi connectivity index (χ1) is 9.54. The Bertz CT molecular complexity index is 415. The number of benzene rings is 1. The fraction of sp³-hybridized carbons (Fsp3) is 0.588. The molecule has 1 atom stereocenters. The molecule has 1 N–H and O–H groups in total. The maximum Gasteiger partial charge on any atom is 0.255 e. The molecule has 1 aromatic rings. The van der Waals surface area contributed by atoms with E-state index in [2.05, 4.69) is 26.1 Å². The Labute approximate surface area is 122 Å². The van der Waals surface area contributed by atoms with Gasteiger partial charge in [0.2, 0.25) is 0 Å². The quantitative estimate of drug-likeness (QED) is 0.779. The van der Waals surface area contributed by atoms with E-state index in [0.29, 0.717) is 17.9 Å². The fourth-order valence-electron chi connectivity index (χ4n) is 2.14. The molecule has 3 heteroatoms. The monoisotopic (exact) mass is 277 g/mol. The highest BCUT2D eigenvalue weighted by atomic mass is 16.5. The predicted octanol–water partition coefficient (Wildman–Crippen LogP) is 4.03. The van der Waals surface area contributed by atoms with Gasteiger partial charge in [-0.25, -0.2) is 0 Å². The zero-order valence-corrected chi connectivity index (χ0v) is 13.1. The third kappa shape index (κ3) is 5.64. The summed E-state index contributed by atoms with van der Waals surface area (Å²) in [6.45, 7) is 8.99. The molecule has 0 heterocycles. The molecule has 0 saturated heterocycles. The second kappa shape index (κ2) is 8.62. The van der Waals surface area contributed by atoms with Crippen LogP contribution in [0.15, 0.2) is 24.3 Å². The number of carbonyl (C=O) groups is 1. The smallest absolute Gasteiger partial charge is 0.255 e. The Morgan fingerprint density at radius 1 is 1.20 bits per heavy atom. The van der Waals surface area contributed by atoms with Gasteiger partial charge in [-0.05, 0) is 38.3 Å². The molecular weight excluding hydrogens is 250 g/mol. The molecule has 0 saturated carbocycles. The van der Waals surface area contributed by atoms with E-state index in [4.69, 9.17) is 4.74 Å². The highest BCUT2D eigenvalue weighted by molar-refractivity contribution is 5.97. The highest BCUT2D eigenvalue weighted by Crippen LogP contribution is 2.18. The van der Waals surface area contributed by atoms with Crippen molar-refractivity contribution >= 4 is 5.91 Å². The van der Waals surface area contributed by atoms with Crippen LogP contribution in [0.2, 0.25) is 0 Å². The van der Waals surface area contributed by atoms with Crippen LogP contribution in [0.4, 0.5) is 0 Å². The molecule has 0 spiro atoms. The van der Waals surface area contributed by atoms with Gasteiger partial charge < -0.3 is 10.1 Å². The van der Waals surface area contributed by atoms with E-state index in [1.165, 1.54) is 6.42 Å². The van der Waals surface area contributed by atoms with Gasteiger partial charge in [0.25, 0.3) is 5.91 Å². The number of hydrogen-bond donors (Lipinski definition) is 1. The highest BCUT2D eigenvalue weighted by Gasteiger charge is 2.14. The van der Waals surface area contributed by atoms with Gasteiger partial charge in [-0.3, -0.25) is 4.79 Å². The summed E-state index contributed by atoms with van der Waals surface area (Å²) in [4.78, 5) is 12.3. The van der Waals surface area contributed by atoms with Gasteiger partial charge in [-0.1, -0.05) is 38.8 Å². The minimum absolute atomic E-state index is 0.0499. The molecule has 1 unspecified atom stereocenters. The lowest BCUT2D eigenvalue weighted by atomic mass is 10.0. The first kappa shape index (κ1) is 16.5. The number of rotatable bonds is 8. The lowest BCUT2D eigenvalue weighted by Crippen LogP contribution is -2.32. The molecule has 0 aromatic heterocycles. The Morgan fingerprint density at radius 3 is 2.55 bits per heavy atom. The lowest BCUT2D eigenvalue weighted by Gasteiger charge is -2.16. The fourth-order valence-corrected chi connectivity index (χ4v) is 2.14. The molecule has 0 aliphatic heterocycles. The molecule has 0 fully saturated rings. The third-order valence-corrected chi connectivity index (χ3v) is 3.23. The van der Waals surface area contributed by atoms with Crippen LogP contribution in [0.3, 0.4) is 0 Å². The van der Waals surface area contributed by atoms with Crippen LogP contribution in [0.25, 0.3) is 0 Å². The van der Waals surface area contributed by atoms with Gasteiger partial charge in [-0.2, -0.15) is 0 Å². The molecule has 1 amide bonds. The van der Waals surface area contributed by atoms with Crippen molar-refractivity contribution in [3.8, 4) is 5.75 Å².